The first-order valence-electron chi connectivity index (χ1n) is 40.4. The number of hydrogen-bond donors (Lipinski definition) is 3. The van der Waals surface area contributed by atoms with Crippen LogP contribution in [0.25, 0.3) is 0 Å². The summed E-state index contributed by atoms with van der Waals surface area (Å²) in [6.45, 7) is 49.1. The number of anilines is 2. The van der Waals surface area contributed by atoms with Crippen LogP contribution in [0.3, 0.4) is 0 Å². The van der Waals surface area contributed by atoms with Crippen LogP contribution in [0.5, 0.6) is 0 Å². The lowest BCUT2D eigenvalue weighted by atomic mass is 9.82. The zero-order valence-corrected chi connectivity index (χ0v) is 74.2. The fourth-order valence-corrected chi connectivity index (χ4v) is 9.08. The molecule has 0 aliphatic carbocycles. The Hall–Kier alpha value is -10.1. The summed E-state index contributed by atoms with van der Waals surface area (Å²) in [6.07, 6.45) is 5.55. The molecule has 8 rings (SSSR count). The molecule has 20 nitrogen and oxygen atoms in total. The molecule has 4 atom stereocenters. The molecule has 2 heterocycles. The first kappa shape index (κ1) is 106. The number of aliphatic carboxylic acids is 3. The number of nitrogens with zero attached hydrogens (tertiary/aromatic N) is 2. The standard InChI is InChI=1S/2C13H18O2.2C12H13NO2.C12H20O6.2C11H16.2C6H12O2/c2*1-4-13(2,3)12(14)15-10-11-8-6-5-7-9-11;2*1-8-9(2)12(15)13(11(8)14)10-6-4-3-5-7-10;1-4-12(2,3)11(16)18-8-7-17-10(15)6-5-9(13)14;2*1-4-11(2,3)10-8-6-5-7-9-10;2*1-4-6(2,3)5(7)8/h2*5-9H,4,10H2,1-3H3;2*3-9H,1-2H3;4-8H2,1-3H3,(H,13,14);2*5-9H,4H2,1-3H3;2*4H2,1-3H3,(H,7,8). The van der Waals surface area contributed by atoms with Crippen LogP contribution in [0, 0.1) is 50.7 Å². The lowest BCUT2D eigenvalue weighted by Gasteiger charge is -2.22. The van der Waals surface area contributed by atoms with Gasteiger partial charge in [0.2, 0.25) is 23.6 Å². The van der Waals surface area contributed by atoms with Crippen LogP contribution in [0.4, 0.5) is 11.4 Å². The minimum Gasteiger partial charge on any atom is -0.481 e. The van der Waals surface area contributed by atoms with Gasteiger partial charge >= 0.3 is 41.8 Å². The van der Waals surface area contributed by atoms with Crippen LogP contribution in [0.2, 0.25) is 0 Å². The number of carbonyl (C=O) groups excluding carboxylic acids is 8. The number of imide groups is 2. The molecule has 2 saturated heterocycles. The van der Waals surface area contributed by atoms with Gasteiger partial charge in [-0.2, -0.15) is 0 Å². The number of carboxylic acids is 3. The SMILES string of the molecule is CC1C(=O)N(c2ccccc2)C(=O)C1C.CC1C(=O)N(c2ccccc2)C(=O)C1C.CCC(C)(C)C(=O)O.CCC(C)(C)C(=O)O.CCC(C)(C)C(=O)OCCOC(=O)CCC(=O)O.CCC(C)(C)C(=O)OCc1ccccc1.CCC(C)(C)C(=O)OCc1ccccc1.CCC(C)(C)c1ccccc1.CCC(C)(C)c1ccccc1. The molecule has 3 N–H and O–H groups in total. The minimum atomic E-state index is -1.05. The van der Waals surface area contributed by atoms with Gasteiger partial charge in [-0.05, 0) is 172 Å². The van der Waals surface area contributed by atoms with Crippen molar-refractivity contribution in [2.75, 3.05) is 23.0 Å². The second-order valence-corrected chi connectivity index (χ2v) is 33.2. The van der Waals surface area contributed by atoms with E-state index < -0.39 is 40.1 Å². The molecule has 116 heavy (non-hydrogen) atoms. The third kappa shape index (κ3) is 37.7. The van der Waals surface area contributed by atoms with Crippen LogP contribution in [-0.2, 0) is 95.7 Å². The summed E-state index contributed by atoms with van der Waals surface area (Å²) in [4.78, 5) is 126. The van der Waals surface area contributed by atoms with Crippen molar-refractivity contribution < 1.29 is 87.0 Å². The number of rotatable bonds is 26. The maximum absolute atomic E-state index is 11.8. The van der Waals surface area contributed by atoms with Gasteiger partial charge in [-0.3, -0.25) is 62.5 Å². The average molecular weight is 1610 g/mol. The molecule has 0 saturated carbocycles. The molecule has 20 heteroatoms. The molecule has 6 aromatic rings. The zero-order chi connectivity index (χ0) is 89.0. The Balaban J connectivity index is 0.00000130. The second-order valence-electron chi connectivity index (χ2n) is 33.2. The number of carboxylic acid groups (broad SMARTS) is 3. The van der Waals surface area contributed by atoms with Gasteiger partial charge in [0.25, 0.3) is 0 Å². The Bertz CT molecular complexity index is 3660. The third-order valence-corrected chi connectivity index (χ3v) is 21.6. The van der Waals surface area contributed by atoms with Crippen molar-refractivity contribution in [2.45, 2.75) is 255 Å². The van der Waals surface area contributed by atoms with Gasteiger partial charge in [0.15, 0.2) is 0 Å². The Morgan fingerprint density at radius 3 is 0.767 bits per heavy atom. The summed E-state index contributed by atoms with van der Waals surface area (Å²) >= 11 is 0. The number of para-hydroxylation sites is 2. The number of benzene rings is 6. The smallest absolute Gasteiger partial charge is 0.311 e. The molecule has 2 fully saturated rings. The predicted molar refractivity (Wildman–Crippen MR) is 461 cm³/mol. The van der Waals surface area contributed by atoms with E-state index in [-0.39, 0.29) is 102 Å². The van der Waals surface area contributed by atoms with E-state index >= 15 is 0 Å². The number of hydrogen-bond acceptors (Lipinski definition) is 15. The third-order valence-electron chi connectivity index (χ3n) is 21.6. The van der Waals surface area contributed by atoms with Crippen molar-refractivity contribution >= 4 is 76.8 Å². The van der Waals surface area contributed by atoms with Crippen molar-refractivity contribution in [1.29, 1.82) is 0 Å². The Kier molecular flexibility index (Phi) is 47.2. The molecular formula is C96H138N2O18. The van der Waals surface area contributed by atoms with Crippen molar-refractivity contribution in [2.24, 2.45) is 50.7 Å². The number of esters is 4. The van der Waals surface area contributed by atoms with Gasteiger partial charge < -0.3 is 34.3 Å². The predicted octanol–water partition coefficient (Wildman–Crippen LogP) is 21.1. The molecule has 2 aliphatic rings. The Morgan fingerprint density at radius 1 is 0.310 bits per heavy atom. The highest BCUT2D eigenvalue weighted by Crippen LogP contribution is 2.33. The second kappa shape index (κ2) is 51.8. The normalized spacial score (nSPS) is 15.1. The number of amides is 4. The highest BCUT2D eigenvalue weighted by molar-refractivity contribution is 6.22. The highest BCUT2D eigenvalue weighted by Gasteiger charge is 2.44. The summed E-state index contributed by atoms with van der Waals surface area (Å²) in [5.74, 6) is -4.94. The Labute approximate surface area is 693 Å². The topological polar surface area (TPSA) is 292 Å². The molecule has 0 radical (unpaired) electrons. The van der Waals surface area contributed by atoms with Gasteiger partial charge in [-0.1, -0.05) is 262 Å². The van der Waals surface area contributed by atoms with E-state index in [0.29, 0.717) is 54.7 Å². The van der Waals surface area contributed by atoms with Gasteiger partial charge in [-0.25, -0.2) is 0 Å². The van der Waals surface area contributed by atoms with Gasteiger partial charge in [0.1, 0.15) is 26.4 Å². The molecule has 640 valence electrons. The van der Waals surface area contributed by atoms with Gasteiger partial charge in [-0.15, -0.1) is 0 Å². The van der Waals surface area contributed by atoms with E-state index in [9.17, 15) is 52.7 Å². The maximum atomic E-state index is 11.8. The van der Waals surface area contributed by atoms with Gasteiger partial charge in [0, 0.05) is 23.7 Å². The molecule has 4 unspecified atom stereocenters. The molecule has 0 aromatic heterocycles. The lowest BCUT2D eigenvalue weighted by Crippen LogP contribution is -2.30. The van der Waals surface area contributed by atoms with Crippen molar-refractivity contribution in [3.05, 3.63) is 204 Å². The first-order valence-corrected chi connectivity index (χ1v) is 40.4. The monoisotopic (exact) mass is 1610 g/mol. The fraction of sp³-hybridized carbons (Fsp3) is 0.510. The summed E-state index contributed by atoms with van der Waals surface area (Å²) in [5.41, 5.74) is 4.53. The zero-order valence-electron chi connectivity index (χ0n) is 74.2. The van der Waals surface area contributed by atoms with Crippen LogP contribution in [0.15, 0.2) is 182 Å². The number of carbonyl (C=O) groups is 11. The van der Waals surface area contributed by atoms with Crippen LogP contribution in [-0.4, -0.2) is 93.9 Å². The molecule has 0 spiro atoms. The minimum absolute atomic E-state index is 0.0128. The van der Waals surface area contributed by atoms with E-state index in [1.54, 1.807) is 93.5 Å². The molecule has 2 aliphatic heterocycles. The largest absolute Gasteiger partial charge is 0.481 e. The first-order chi connectivity index (χ1) is 54.0. The van der Waals surface area contributed by atoms with E-state index in [4.69, 9.17) is 34.3 Å². The summed E-state index contributed by atoms with van der Waals surface area (Å²) in [7, 11) is 0. The van der Waals surface area contributed by atoms with E-state index in [2.05, 4.69) is 102 Å². The molecule has 6 aromatic carbocycles. The van der Waals surface area contributed by atoms with E-state index in [0.717, 1.165) is 24.0 Å². The lowest BCUT2D eigenvalue weighted by molar-refractivity contribution is -0.159. The summed E-state index contributed by atoms with van der Waals surface area (Å²) in [5, 5.41) is 25.2. The number of ether oxygens (including phenoxy) is 4. The quantitative estimate of drug-likeness (QED) is 0.0197. The van der Waals surface area contributed by atoms with E-state index in [1.807, 2.05) is 159 Å². The summed E-state index contributed by atoms with van der Waals surface area (Å²) in [6, 6.07) is 58.9. The van der Waals surface area contributed by atoms with Crippen LogP contribution < -0.4 is 9.80 Å². The molecule has 4 amide bonds. The molecular weight excluding hydrogens is 1470 g/mol. The fourth-order valence-electron chi connectivity index (χ4n) is 9.08. The van der Waals surface area contributed by atoms with Crippen molar-refractivity contribution in [3.8, 4) is 0 Å². The van der Waals surface area contributed by atoms with Crippen LogP contribution >= 0.6 is 0 Å². The van der Waals surface area contributed by atoms with Crippen molar-refractivity contribution in [3.63, 3.8) is 0 Å². The maximum Gasteiger partial charge on any atom is 0.311 e. The average Bonchev–Trinajstić information content (AvgIpc) is 1.65. The van der Waals surface area contributed by atoms with Crippen LogP contribution in [0.1, 0.15) is 253 Å². The highest BCUT2D eigenvalue weighted by atomic mass is 16.6. The van der Waals surface area contributed by atoms with Gasteiger partial charge in [0.05, 0.1) is 51.3 Å². The Morgan fingerprint density at radius 2 is 0.543 bits per heavy atom. The summed E-state index contributed by atoms with van der Waals surface area (Å²) < 4.78 is 20.1. The van der Waals surface area contributed by atoms with Crippen molar-refractivity contribution in [1.82, 2.24) is 0 Å². The van der Waals surface area contributed by atoms with E-state index in [1.165, 1.54) is 33.8 Å². The molecule has 0 bridgehead atoms.